The van der Waals surface area contributed by atoms with Crippen molar-refractivity contribution in [3.8, 4) is 11.3 Å². The maximum Gasteiger partial charge on any atom is 0.293 e. The number of nitrogens with one attached hydrogen (secondary N) is 1. The molecule has 5 rings (SSSR count). The molecule has 8 heteroatoms. The van der Waals surface area contributed by atoms with Gasteiger partial charge in [-0.1, -0.05) is 0 Å². The van der Waals surface area contributed by atoms with Crippen molar-refractivity contribution in [3.05, 3.63) is 69.8 Å². The first-order valence-corrected chi connectivity index (χ1v) is 11.0. The fourth-order valence-electron chi connectivity index (χ4n) is 4.29. The van der Waals surface area contributed by atoms with Gasteiger partial charge < -0.3 is 9.88 Å². The number of nitrogens with zero attached hydrogens (tertiary/aromatic N) is 5. The highest BCUT2D eigenvalue weighted by Gasteiger charge is 2.26. The fraction of sp³-hybridized carbons (Fsp3) is 0.435. The van der Waals surface area contributed by atoms with Crippen LogP contribution in [0.15, 0.2) is 58.6 Å². The molecule has 0 unspecified atom stereocenters. The second kappa shape index (κ2) is 8.45. The Morgan fingerprint density at radius 3 is 2.45 bits per heavy atom. The van der Waals surface area contributed by atoms with E-state index in [4.69, 9.17) is 0 Å². The van der Waals surface area contributed by atoms with Gasteiger partial charge in [0.2, 0.25) is 0 Å². The predicted octanol–water partition coefficient (Wildman–Crippen LogP) is 2.87. The summed E-state index contributed by atoms with van der Waals surface area (Å²) in [6.07, 6.45) is 12.7. The molecule has 0 amide bonds. The monoisotopic (exact) mass is 418 g/mol. The van der Waals surface area contributed by atoms with Gasteiger partial charge in [0, 0.05) is 49.0 Å². The number of pyridine rings is 1. The van der Waals surface area contributed by atoms with E-state index >= 15 is 0 Å². The first kappa shape index (κ1) is 19.7. The van der Waals surface area contributed by atoms with Gasteiger partial charge in [0.25, 0.3) is 11.1 Å². The van der Waals surface area contributed by atoms with Gasteiger partial charge in [0.1, 0.15) is 0 Å². The van der Waals surface area contributed by atoms with Crippen LogP contribution in [0.25, 0.3) is 11.3 Å². The lowest BCUT2D eigenvalue weighted by atomic mass is 9.91. The predicted molar refractivity (Wildman–Crippen MR) is 118 cm³/mol. The van der Waals surface area contributed by atoms with Crippen LogP contribution in [0.4, 0.5) is 5.82 Å². The first-order chi connectivity index (χ1) is 15.2. The zero-order chi connectivity index (χ0) is 21.2. The number of hydrogen-bond acceptors (Lipinski definition) is 6. The summed E-state index contributed by atoms with van der Waals surface area (Å²) in [5, 5.41) is 7.97. The summed E-state index contributed by atoms with van der Waals surface area (Å²) >= 11 is 0. The van der Waals surface area contributed by atoms with Crippen molar-refractivity contribution >= 4 is 5.82 Å². The number of rotatable bonds is 6. The van der Waals surface area contributed by atoms with Crippen LogP contribution in [-0.2, 0) is 6.54 Å². The van der Waals surface area contributed by atoms with E-state index < -0.39 is 0 Å². The van der Waals surface area contributed by atoms with Crippen LogP contribution < -0.4 is 16.4 Å². The van der Waals surface area contributed by atoms with Crippen molar-refractivity contribution in [2.24, 2.45) is 5.92 Å². The Bertz CT molecular complexity index is 1160. The van der Waals surface area contributed by atoms with Crippen molar-refractivity contribution in [2.45, 2.75) is 57.2 Å². The maximum absolute atomic E-state index is 12.7. The molecular weight excluding hydrogens is 392 g/mol. The third-order valence-electron chi connectivity index (χ3n) is 6.25. The number of aromatic nitrogens is 5. The Balaban J connectivity index is 1.26. The normalized spacial score (nSPS) is 21.0. The van der Waals surface area contributed by atoms with Gasteiger partial charge in [-0.05, 0) is 62.6 Å². The van der Waals surface area contributed by atoms with Crippen LogP contribution in [-0.4, -0.2) is 30.4 Å². The topological polar surface area (TPSA) is 94.7 Å². The van der Waals surface area contributed by atoms with E-state index in [1.165, 1.54) is 12.8 Å². The summed E-state index contributed by atoms with van der Waals surface area (Å²) in [5.74, 6) is 1.07. The lowest BCUT2D eigenvalue weighted by Gasteiger charge is -2.29. The highest BCUT2D eigenvalue weighted by molar-refractivity contribution is 5.57. The Labute approximate surface area is 180 Å². The van der Waals surface area contributed by atoms with Crippen LogP contribution in [0, 0.1) is 5.92 Å². The van der Waals surface area contributed by atoms with Crippen LogP contribution in [0.3, 0.4) is 0 Å². The van der Waals surface area contributed by atoms with E-state index in [2.05, 4.69) is 20.4 Å². The molecule has 3 aromatic rings. The Hall–Kier alpha value is -3.29. The molecule has 0 radical (unpaired) electrons. The van der Waals surface area contributed by atoms with Gasteiger partial charge in [-0.15, -0.1) is 0 Å². The van der Waals surface area contributed by atoms with Crippen LogP contribution in [0.5, 0.6) is 0 Å². The SMILES string of the molecule is O=c1c(NC2CCC(n3nc(-c4ccncc4)ccc3=O)CC2)nccn1CC1CC1. The molecule has 160 valence electrons. The highest BCUT2D eigenvalue weighted by Crippen LogP contribution is 2.30. The van der Waals surface area contributed by atoms with Gasteiger partial charge in [-0.2, -0.15) is 5.10 Å². The average Bonchev–Trinajstić information content (AvgIpc) is 3.62. The van der Waals surface area contributed by atoms with E-state index in [-0.39, 0.29) is 23.2 Å². The van der Waals surface area contributed by atoms with Crippen molar-refractivity contribution < 1.29 is 0 Å². The molecule has 3 aromatic heterocycles. The smallest absolute Gasteiger partial charge is 0.293 e. The van der Waals surface area contributed by atoms with Gasteiger partial charge in [-0.25, -0.2) is 9.67 Å². The van der Waals surface area contributed by atoms with Crippen molar-refractivity contribution in [1.29, 1.82) is 0 Å². The van der Waals surface area contributed by atoms with Crippen LogP contribution >= 0.6 is 0 Å². The second-order valence-electron chi connectivity index (χ2n) is 8.56. The van der Waals surface area contributed by atoms with Crippen LogP contribution in [0.2, 0.25) is 0 Å². The quantitative estimate of drug-likeness (QED) is 0.661. The minimum atomic E-state index is -0.0816. The van der Waals surface area contributed by atoms with Gasteiger partial charge in [0.05, 0.1) is 11.7 Å². The summed E-state index contributed by atoms with van der Waals surface area (Å²) in [6, 6.07) is 7.36. The molecule has 1 N–H and O–H groups in total. The second-order valence-corrected chi connectivity index (χ2v) is 8.56. The van der Waals surface area contributed by atoms with E-state index in [0.717, 1.165) is 43.5 Å². The maximum atomic E-state index is 12.7. The lowest BCUT2D eigenvalue weighted by Crippen LogP contribution is -2.35. The number of anilines is 1. The zero-order valence-electron chi connectivity index (χ0n) is 17.4. The fourth-order valence-corrected chi connectivity index (χ4v) is 4.29. The largest absolute Gasteiger partial charge is 0.363 e. The highest BCUT2D eigenvalue weighted by atomic mass is 16.1. The molecule has 0 spiro atoms. The Morgan fingerprint density at radius 2 is 1.71 bits per heavy atom. The molecule has 0 atom stereocenters. The standard InChI is InChI=1S/C23H26N6O2/c30-21-8-7-20(17-9-11-24-12-10-17)27-29(21)19-5-3-18(4-6-19)26-22-23(31)28(14-13-25-22)15-16-1-2-16/h7-14,16,18-19H,1-6,15H2,(H,25,26). The lowest BCUT2D eigenvalue weighted by molar-refractivity contribution is 0.304. The third-order valence-corrected chi connectivity index (χ3v) is 6.25. The van der Waals surface area contributed by atoms with E-state index in [9.17, 15) is 9.59 Å². The molecule has 2 aliphatic carbocycles. The molecule has 2 fully saturated rings. The molecule has 2 saturated carbocycles. The van der Waals surface area contributed by atoms with Crippen molar-refractivity contribution in [3.63, 3.8) is 0 Å². The summed E-state index contributed by atoms with van der Waals surface area (Å²) in [5.41, 5.74) is 1.59. The van der Waals surface area contributed by atoms with Crippen LogP contribution in [0.1, 0.15) is 44.6 Å². The van der Waals surface area contributed by atoms with Gasteiger partial charge in [0.15, 0.2) is 5.82 Å². The molecular formula is C23H26N6O2. The molecule has 0 bridgehead atoms. The summed E-state index contributed by atoms with van der Waals surface area (Å²) in [7, 11) is 0. The number of hydrogen-bond donors (Lipinski definition) is 1. The summed E-state index contributed by atoms with van der Waals surface area (Å²) in [6.45, 7) is 0.783. The van der Waals surface area contributed by atoms with Gasteiger partial charge in [-0.3, -0.25) is 14.6 Å². The molecule has 0 aromatic carbocycles. The molecule has 2 aliphatic rings. The van der Waals surface area contributed by atoms with Crippen molar-refractivity contribution in [1.82, 2.24) is 24.3 Å². The van der Waals surface area contributed by atoms with E-state index in [1.54, 1.807) is 46.2 Å². The molecule has 0 saturated heterocycles. The van der Waals surface area contributed by atoms with E-state index in [0.29, 0.717) is 11.7 Å². The molecule has 31 heavy (non-hydrogen) atoms. The van der Waals surface area contributed by atoms with Gasteiger partial charge >= 0.3 is 0 Å². The molecule has 0 aliphatic heterocycles. The average molecular weight is 419 g/mol. The third kappa shape index (κ3) is 4.42. The molecule has 8 nitrogen and oxygen atoms in total. The summed E-state index contributed by atoms with van der Waals surface area (Å²) in [4.78, 5) is 33.5. The Morgan fingerprint density at radius 1 is 0.935 bits per heavy atom. The first-order valence-electron chi connectivity index (χ1n) is 11.0. The van der Waals surface area contributed by atoms with Crippen molar-refractivity contribution in [2.75, 3.05) is 5.32 Å². The summed E-state index contributed by atoms with van der Waals surface area (Å²) < 4.78 is 3.39. The minimum absolute atomic E-state index is 0.0422. The minimum Gasteiger partial charge on any atom is -0.363 e. The van der Waals surface area contributed by atoms with E-state index in [1.807, 2.05) is 12.1 Å². The Kier molecular flexibility index (Phi) is 5.36. The molecule has 3 heterocycles. The zero-order valence-corrected chi connectivity index (χ0v) is 17.4.